The normalized spacial score (nSPS) is 21.7. The second-order valence-electron chi connectivity index (χ2n) is 5.98. The highest BCUT2D eigenvalue weighted by atomic mass is 16.2. The van der Waals surface area contributed by atoms with E-state index < -0.39 is 0 Å². The van der Waals surface area contributed by atoms with Gasteiger partial charge in [0.05, 0.1) is 0 Å². The summed E-state index contributed by atoms with van der Waals surface area (Å²) in [7, 11) is 0. The third-order valence-electron chi connectivity index (χ3n) is 4.61. The molecule has 2 aliphatic rings. The number of benzene rings is 1. The first kappa shape index (κ1) is 14.1. The number of hydrogen-bond acceptors (Lipinski definition) is 2. The van der Waals surface area contributed by atoms with E-state index in [4.69, 9.17) is 0 Å². The lowest BCUT2D eigenvalue weighted by Gasteiger charge is -2.35. The number of nitrogens with one attached hydrogen (secondary N) is 1. The van der Waals surface area contributed by atoms with Crippen LogP contribution in [0.2, 0.25) is 0 Å². The van der Waals surface area contributed by atoms with Crippen LogP contribution in [-0.2, 0) is 11.2 Å². The monoisotopic (exact) mass is 286 g/mol. The summed E-state index contributed by atoms with van der Waals surface area (Å²) in [5.41, 5.74) is 2.68. The Balaban J connectivity index is 1.83. The molecule has 1 aromatic rings. The molecule has 1 unspecified atom stereocenters. The van der Waals surface area contributed by atoms with E-state index in [0.29, 0.717) is 12.5 Å². The minimum absolute atomic E-state index is 0.0589. The Labute approximate surface area is 125 Å². The van der Waals surface area contributed by atoms with Crippen molar-refractivity contribution in [1.29, 1.82) is 0 Å². The third kappa shape index (κ3) is 2.80. The summed E-state index contributed by atoms with van der Waals surface area (Å²) in [6.45, 7) is 3.02. The molecule has 0 spiro atoms. The Morgan fingerprint density at radius 2 is 2.19 bits per heavy atom. The molecule has 1 saturated heterocycles. The smallest absolute Gasteiger partial charge is 0.254 e. The Morgan fingerprint density at radius 1 is 1.33 bits per heavy atom. The molecule has 1 aromatic carbocycles. The number of rotatable bonds is 2. The second-order valence-corrected chi connectivity index (χ2v) is 5.98. The van der Waals surface area contributed by atoms with Crippen molar-refractivity contribution in [3.8, 4) is 0 Å². The van der Waals surface area contributed by atoms with E-state index >= 15 is 0 Å². The summed E-state index contributed by atoms with van der Waals surface area (Å²) in [5, 5.41) is 2.86. The molecule has 1 N–H and O–H groups in total. The van der Waals surface area contributed by atoms with Crippen molar-refractivity contribution in [3.05, 3.63) is 29.3 Å². The first-order valence-electron chi connectivity index (χ1n) is 7.93. The first-order valence-corrected chi connectivity index (χ1v) is 7.93. The lowest BCUT2D eigenvalue weighted by Crippen LogP contribution is -2.43. The van der Waals surface area contributed by atoms with Gasteiger partial charge >= 0.3 is 0 Å². The SMILES string of the molecule is CCC1CCCCN1C(=O)c1ccc2c(c1)CCC(=O)N2. The van der Waals surface area contributed by atoms with Crippen LogP contribution in [0.3, 0.4) is 0 Å². The fraction of sp³-hybridized carbons (Fsp3) is 0.529. The van der Waals surface area contributed by atoms with Crippen LogP contribution in [0.1, 0.15) is 54.9 Å². The number of aryl methyl sites for hydroxylation is 1. The fourth-order valence-corrected chi connectivity index (χ4v) is 3.37. The van der Waals surface area contributed by atoms with E-state index in [1.807, 2.05) is 23.1 Å². The molecule has 0 radical (unpaired) electrons. The van der Waals surface area contributed by atoms with E-state index in [-0.39, 0.29) is 11.8 Å². The largest absolute Gasteiger partial charge is 0.336 e. The molecule has 2 heterocycles. The fourth-order valence-electron chi connectivity index (χ4n) is 3.37. The average molecular weight is 286 g/mol. The van der Waals surface area contributed by atoms with Crippen molar-refractivity contribution in [1.82, 2.24) is 4.90 Å². The van der Waals surface area contributed by atoms with Gasteiger partial charge in [0.15, 0.2) is 0 Å². The van der Waals surface area contributed by atoms with Crippen molar-refractivity contribution < 1.29 is 9.59 Å². The van der Waals surface area contributed by atoms with Crippen LogP contribution < -0.4 is 5.32 Å². The van der Waals surface area contributed by atoms with Gasteiger partial charge in [-0.1, -0.05) is 6.92 Å². The van der Waals surface area contributed by atoms with Gasteiger partial charge in [-0.25, -0.2) is 0 Å². The van der Waals surface area contributed by atoms with E-state index in [1.165, 1.54) is 6.42 Å². The number of piperidine rings is 1. The summed E-state index contributed by atoms with van der Waals surface area (Å²) in [5.74, 6) is 0.199. The molecule has 0 bridgehead atoms. The molecule has 0 saturated carbocycles. The van der Waals surface area contributed by atoms with Crippen LogP contribution in [-0.4, -0.2) is 29.3 Å². The Morgan fingerprint density at radius 3 is 3.00 bits per heavy atom. The predicted molar refractivity (Wildman–Crippen MR) is 82.4 cm³/mol. The number of carbonyl (C=O) groups is 2. The molecule has 1 atom stereocenters. The van der Waals surface area contributed by atoms with Gasteiger partial charge in [-0.2, -0.15) is 0 Å². The first-order chi connectivity index (χ1) is 10.2. The zero-order valence-electron chi connectivity index (χ0n) is 12.5. The van der Waals surface area contributed by atoms with Gasteiger partial charge in [-0.3, -0.25) is 9.59 Å². The van der Waals surface area contributed by atoms with E-state index in [9.17, 15) is 9.59 Å². The molecule has 4 heteroatoms. The van der Waals surface area contributed by atoms with Gasteiger partial charge < -0.3 is 10.2 Å². The van der Waals surface area contributed by atoms with Gasteiger partial charge in [-0.05, 0) is 55.9 Å². The van der Waals surface area contributed by atoms with Crippen molar-refractivity contribution in [2.45, 2.75) is 51.5 Å². The Kier molecular flexibility index (Phi) is 3.95. The summed E-state index contributed by atoms with van der Waals surface area (Å²) >= 11 is 0. The number of likely N-dealkylation sites (tertiary alicyclic amines) is 1. The highest BCUT2D eigenvalue weighted by molar-refractivity contribution is 5.98. The summed E-state index contributed by atoms with van der Waals surface area (Å²) < 4.78 is 0. The number of nitrogens with zero attached hydrogens (tertiary/aromatic N) is 1. The highest BCUT2D eigenvalue weighted by Crippen LogP contribution is 2.26. The molecular weight excluding hydrogens is 264 g/mol. The number of amides is 2. The average Bonchev–Trinajstić information content (AvgIpc) is 2.53. The molecule has 4 nitrogen and oxygen atoms in total. The number of fused-ring (bicyclic) bond motifs is 1. The molecular formula is C17H22N2O2. The van der Waals surface area contributed by atoms with Crippen LogP contribution in [0.4, 0.5) is 5.69 Å². The summed E-state index contributed by atoms with van der Waals surface area (Å²) in [6.07, 6.45) is 5.68. The zero-order chi connectivity index (χ0) is 14.8. The van der Waals surface area contributed by atoms with Crippen molar-refractivity contribution in [2.75, 3.05) is 11.9 Å². The maximum atomic E-state index is 12.8. The molecule has 21 heavy (non-hydrogen) atoms. The standard InChI is InChI=1S/C17H22N2O2/c1-2-14-5-3-4-10-19(14)17(21)13-6-8-15-12(11-13)7-9-16(20)18-15/h6,8,11,14H,2-5,7,9-10H2,1H3,(H,18,20). The minimum atomic E-state index is 0.0589. The Hall–Kier alpha value is -1.84. The zero-order valence-corrected chi connectivity index (χ0v) is 12.5. The van der Waals surface area contributed by atoms with Crippen molar-refractivity contribution in [3.63, 3.8) is 0 Å². The Bertz CT molecular complexity index is 568. The van der Waals surface area contributed by atoms with Gasteiger partial charge in [0, 0.05) is 30.3 Å². The van der Waals surface area contributed by atoms with Crippen molar-refractivity contribution >= 4 is 17.5 Å². The molecule has 3 rings (SSSR count). The van der Waals surface area contributed by atoms with Crippen LogP contribution in [0.15, 0.2) is 18.2 Å². The molecule has 1 fully saturated rings. The number of carbonyl (C=O) groups excluding carboxylic acids is 2. The molecule has 0 aromatic heterocycles. The van der Waals surface area contributed by atoms with Gasteiger partial charge in [-0.15, -0.1) is 0 Å². The van der Waals surface area contributed by atoms with Gasteiger partial charge in [0.25, 0.3) is 5.91 Å². The van der Waals surface area contributed by atoms with E-state index in [1.54, 1.807) is 0 Å². The minimum Gasteiger partial charge on any atom is -0.336 e. The number of hydrogen-bond donors (Lipinski definition) is 1. The van der Waals surface area contributed by atoms with Crippen LogP contribution in [0.25, 0.3) is 0 Å². The van der Waals surface area contributed by atoms with Crippen molar-refractivity contribution in [2.24, 2.45) is 0 Å². The maximum Gasteiger partial charge on any atom is 0.254 e. The van der Waals surface area contributed by atoms with E-state index in [0.717, 1.165) is 49.0 Å². The van der Waals surface area contributed by atoms with Gasteiger partial charge in [0.1, 0.15) is 0 Å². The molecule has 0 aliphatic carbocycles. The van der Waals surface area contributed by atoms with E-state index in [2.05, 4.69) is 12.2 Å². The molecule has 112 valence electrons. The second kappa shape index (κ2) is 5.88. The van der Waals surface area contributed by atoms with Crippen LogP contribution in [0, 0.1) is 0 Å². The quantitative estimate of drug-likeness (QED) is 0.908. The van der Waals surface area contributed by atoms with Gasteiger partial charge in [0.2, 0.25) is 5.91 Å². The lowest BCUT2D eigenvalue weighted by atomic mass is 9.96. The maximum absolute atomic E-state index is 12.8. The summed E-state index contributed by atoms with van der Waals surface area (Å²) in [4.78, 5) is 26.2. The highest BCUT2D eigenvalue weighted by Gasteiger charge is 2.27. The topological polar surface area (TPSA) is 49.4 Å². The lowest BCUT2D eigenvalue weighted by molar-refractivity contribution is -0.116. The predicted octanol–water partition coefficient (Wildman–Crippen LogP) is 2.98. The third-order valence-corrected chi connectivity index (χ3v) is 4.61. The molecule has 2 aliphatic heterocycles. The van der Waals surface area contributed by atoms with Crippen LogP contribution >= 0.6 is 0 Å². The molecule has 2 amide bonds. The number of anilines is 1. The summed E-state index contributed by atoms with van der Waals surface area (Å²) in [6, 6.07) is 6.04. The van der Waals surface area contributed by atoms with Crippen LogP contribution in [0.5, 0.6) is 0 Å².